The minimum atomic E-state index is -4.34. The maximum Gasteiger partial charge on any atom is 0.416 e. The minimum absolute atomic E-state index is 0.353. The van der Waals surface area contributed by atoms with Crippen molar-refractivity contribution in [2.24, 2.45) is 0 Å². The number of pyridine rings is 1. The van der Waals surface area contributed by atoms with Crippen molar-refractivity contribution in [2.75, 3.05) is 7.05 Å². The summed E-state index contributed by atoms with van der Waals surface area (Å²) >= 11 is 0. The van der Waals surface area contributed by atoms with Crippen molar-refractivity contribution in [1.82, 2.24) is 10.3 Å². The summed E-state index contributed by atoms with van der Waals surface area (Å²) in [5.74, 6) is 0.933. The molecule has 1 aromatic heterocycles. The van der Waals surface area contributed by atoms with Gasteiger partial charge in [0.15, 0.2) is 0 Å². The normalized spacial score (nSPS) is 11.5. The first-order valence-electron chi connectivity index (χ1n) is 6.35. The van der Waals surface area contributed by atoms with E-state index in [1.165, 1.54) is 12.1 Å². The molecular formula is C15H15F3N2O. The Hall–Kier alpha value is -2.08. The third kappa shape index (κ3) is 3.95. The van der Waals surface area contributed by atoms with Gasteiger partial charge in [-0.25, -0.2) is 0 Å². The van der Waals surface area contributed by atoms with Crippen molar-refractivity contribution in [3.8, 4) is 11.5 Å². The van der Waals surface area contributed by atoms with Crippen LogP contribution in [0.4, 0.5) is 13.2 Å². The number of nitrogens with one attached hydrogen (secondary N) is 1. The van der Waals surface area contributed by atoms with Crippen LogP contribution in [0.25, 0.3) is 0 Å². The predicted molar refractivity (Wildman–Crippen MR) is 73.3 cm³/mol. The van der Waals surface area contributed by atoms with Crippen LogP contribution in [-0.4, -0.2) is 12.0 Å². The minimum Gasteiger partial charge on any atom is -0.457 e. The maximum atomic E-state index is 12.5. The van der Waals surface area contributed by atoms with Crippen LogP contribution >= 0.6 is 0 Å². The van der Waals surface area contributed by atoms with E-state index in [1.807, 2.05) is 6.92 Å². The number of rotatable bonds is 4. The zero-order chi connectivity index (χ0) is 15.5. The first-order chi connectivity index (χ1) is 9.90. The average Bonchev–Trinajstić information content (AvgIpc) is 2.42. The summed E-state index contributed by atoms with van der Waals surface area (Å²) in [6, 6.07) is 6.37. The van der Waals surface area contributed by atoms with E-state index in [1.54, 1.807) is 19.3 Å². The van der Waals surface area contributed by atoms with E-state index in [4.69, 9.17) is 4.74 Å². The van der Waals surface area contributed by atoms with Crippen molar-refractivity contribution in [2.45, 2.75) is 19.6 Å². The lowest BCUT2D eigenvalue weighted by Gasteiger charge is -2.12. The van der Waals surface area contributed by atoms with Gasteiger partial charge in [0, 0.05) is 30.1 Å². The van der Waals surface area contributed by atoms with Gasteiger partial charge in [0.2, 0.25) is 0 Å². The highest BCUT2D eigenvalue weighted by atomic mass is 19.4. The largest absolute Gasteiger partial charge is 0.457 e. The molecule has 21 heavy (non-hydrogen) atoms. The summed E-state index contributed by atoms with van der Waals surface area (Å²) in [5, 5.41) is 2.99. The third-order valence-corrected chi connectivity index (χ3v) is 2.86. The lowest BCUT2D eigenvalue weighted by Crippen LogP contribution is -2.07. The van der Waals surface area contributed by atoms with Gasteiger partial charge < -0.3 is 10.1 Å². The first-order valence-corrected chi connectivity index (χ1v) is 6.35. The molecule has 0 saturated heterocycles. The molecule has 0 spiro atoms. The summed E-state index contributed by atoms with van der Waals surface area (Å²) in [4.78, 5) is 4.18. The molecule has 1 heterocycles. The Balaban J connectivity index is 2.23. The number of halogens is 3. The fourth-order valence-electron chi connectivity index (χ4n) is 1.82. The summed E-state index contributed by atoms with van der Waals surface area (Å²) in [7, 11) is 1.79. The van der Waals surface area contributed by atoms with Gasteiger partial charge in [-0.1, -0.05) is 0 Å². The number of benzene rings is 1. The molecule has 0 saturated carbocycles. The van der Waals surface area contributed by atoms with E-state index in [2.05, 4.69) is 10.3 Å². The van der Waals surface area contributed by atoms with Gasteiger partial charge in [0.05, 0.1) is 5.56 Å². The number of hydrogen-bond acceptors (Lipinski definition) is 3. The van der Waals surface area contributed by atoms with E-state index >= 15 is 0 Å². The fraction of sp³-hybridized carbons (Fsp3) is 0.267. The summed E-state index contributed by atoms with van der Waals surface area (Å²) in [5.41, 5.74) is 0.913. The SMILES string of the molecule is CNCc1cnc(C)cc1Oc1ccc(C(F)(F)F)cc1. The highest BCUT2D eigenvalue weighted by molar-refractivity contribution is 5.38. The Morgan fingerprint density at radius 1 is 1.19 bits per heavy atom. The van der Waals surface area contributed by atoms with Crippen LogP contribution in [0.1, 0.15) is 16.8 Å². The Labute approximate surface area is 120 Å². The molecule has 0 radical (unpaired) electrons. The standard InChI is InChI=1S/C15H15F3N2O/c1-10-7-14(11(8-19-2)9-20-10)21-13-5-3-12(4-6-13)15(16,17)18/h3-7,9,19H,8H2,1-2H3. The molecule has 0 bridgehead atoms. The summed E-state index contributed by atoms with van der Waals surface area (Å²) in [6.07, 6.45) is -2.66. The number of alkyl halides is 3. The van der Waals surface area contributed by atoms with Crippen LogP contribution in [0.2, 0.25) is 0 Å². The lowest BCUT2D eigenvalue weighted by molar-refractivity contribution is -0.137. The van der Waals surface area contributed by atoms with Crippen LogP contribution in [0.5, 0.6) is 11.5 Å². The van der Waals surface area contributed by atoms with Crippen molar-refractivity contribution >= 4 is 0 Å². The van der Waals surface area contributed by atoms with E-state index in [-0.39, 0.29) is 0 Å². The summed E-state index contributed by atoms with van der Waals surface area (Å²) < 4.78 is 43.2. The molecule has 1 N–H and O–H groups in total. The maximum absolute atomic E-state index is 12.5. The molecule has 0 fully saturated rings. The van der Waals surface area contributed by atoms with E-state index < -0.39 is 11.7 Å². The molecule has 112 valence electrons. The molecular weight excluding hydrogens is 281 g/mol. The Kier molecular flexibility index (Phi) is 4.47. The molecule has 0 unspecified atom stereocenters. The molecule has 0 aliphatic rings. The zero-order valence-electron chi connectivity index (χ0n) is 11.7. The fourth-order valence-corrected chi connectivity index (χ4v) is 1.82. The number of ether oxygens (including phenoxy) is 1. The highest BCUT2D eigenvalue weighted by Crippen LogP contribution is 2.32. The van der Waals surface area contributed by atoms with Gasteiger partial charge in [0.25, 0.3) is 0 Å². The predicted octanol–water partition coefficient (Wildman–Crippen LogP) is 3.92. The quantitative estimate of drug-likeness (QED) is 0.928. The third-order valence-electron chi connectivity index (χ3n) is 2.86. The molecule has 0 amide bonds. The van der Waals surface area contributed by atoms with Gasteiger partial charge in [-0.05, 0) is 38.2 Å². The molecule has 0 atom stereocenters. The number of aromatic nitrogens is 1. The second-order valence-corrected chi connectivity index (χ2v) is 4.59. The van der Waals surface area contributed by atoms with Crippen LogP contribution in [0, 0.1) is 6.92 Å². The zero-order valence-corrected chi connectivity index (χ0v) is 11.7. The van der Waals surface area contributed by atoms with E-state index in [9.17, 15) is 13.2 Å². The monoisotopic (exact) mass is 296 g/mol. The first kappa shape index (κ1) is 15.3. The van der Waals surface area contributed by atoms with E-state index in [0.29, 0.717) is 18.0 Å². The average molecular weight is 296 g/mol. The van der Waals surface area contributed by atoms with Gasteiger partial charge in [0.1, 0.15) is 11.5 Å². The van der Waals surface area contributed by atoms with Crippen LogP contribution in [0.15, 0.2) is 36.5 Å². The van der Waals surface area contributed by atoms with Gasteiger partial charge >= 0.3 is 6.18 Å². The molecule has 2 aromatic rings. The summed E-state index contributed by atoms with van der Waals surface area (Å²) in [6.45, 7) is 2.38. The number of hydrogen-bond donors (Lipinski definition) is 1. The topological polar surface area (TPSA) is 34.2 Å². The highest BCUT2D eigenvalue weighted by Gasteiger charge is 2.30. The molecule has 0 aliphatic heterocycles. The van der Waals surface area contributed by atoms with Gasteiger partial charge in [-0.2, -0.15) is 13.2 Å². The molecule has 0 aliphatic carbocycles. The van der Waals surface area contributed by atoms with Crippen molar-refractivity contribution < 1.29 is 17.9 Å². The van der Waals surface area contributed by atoms with Crippen LogP contribution in [0.3, 0.4) is 0 Å². The van der Waals surface area contributed by atoms with Crippen molar-refractivity contribution in [1.29, 1.82) is 0 Å². The smallest absolute Gasteiger partial charge is 0.416 e. The Morgan fingerprint density at radius 3 is 2.43 bits per heavy atom. The Bertz CT molecular complexity index is 609. The van der Waals surface area contributed by atoms with E-state index in [0.717, 1.165) is 23.4 Å². The van der Waals surface area contributed by atoms with Gasteiger partial charge in [-0.3, -0.25) is 4.98 Å². The van der Waals surface area contributed by atoms with Crippen LogP contribution < -0.4 is 10.1 Å². The van der Waals surface area contributed by atoms with Gasteiger partial charge in [-0.15, -0.1) is 0 Å². The lowest BCUT2D eigenvalue weighted by atomic mass is 10.2. The number of aryl methyl sites for hydroxylation is 1. The second kappa shape index (κ2) is 6.13. The second-order valence-electron chi connectivity index (χ2n) is 4.59. The Morgan fingerprint density at radius 2 is 1.86 bits per heavy atom. The molecule has 2 rings (SSSR count). The number of nitrogens with zero attached hydrogens (tertiary/aromatic N) is 1. The molecule has 3 nitrogen and oxygen atoms in total. The molecule has 6 heteroatoms. The van der Waals surface area contributed by atoms with Crippen molar-refractivity contribution in [3.63, 3.8) is 0 Å². The van der Waals surface area contributed by atoms with Crippen LogP contribution in [-0.2, 0) is 12.7 Å². The molecule has 1 aromatic carbocycles. The van der Waals surface area contributed by atoms with Crippen molar-refractivity contribution in [3.05, 3.63) is 53.3 Å².